The maximum absolute atomic E-state index is 13.5. The van der Waals surface area contributed by atoms with E-state index >= 15 is 0 Å². The molecule has 0 bridgehead atoms. The molecule has 8 heteroatoms. The van der Waals surface area contributed by atoms with Gasteiger partial charge in [-0.2, -0.15) is 0 Å². The Morgan fingerprint density at radius 3 is 2.33 bits per heavy atom. The van der Waals surface area contributed by atoms with Crippen LogP contribution in [0.15, 0.2) is 51.9 Å². The number of sulfonamides is 1. The van der Waals surface area contributed by atoms with Crippen molar-refractivity contribution >= 4 is 10.0 Å². The summed E-state index contributed by atoms with van der Waals surface area (Å²) in [5.41, 5.74) is 0.814. The summed E-state index contributed by atoms with van der Waals surface area (Å²) in [5, 5.41) is 9.08. The molecule has 124 valence electrons. The van der Waals surface area contributed by atoms with Crippen LogP contribution in [-0.4, -0.2) is 13.6 Å². The number of rotatable bonds is 3. The maximum Gasteiger partial charge on any atom is 0.238 e. The smallest absolute Gasteiger partial charge is 0.238 e. The first-order chi connectivity index (χ1) is 11.3. The fourth-order valence-corrected chi connectivity index (χ4v) is 3.24. The minimum Gasteiger partial charge on any atom is -0.360 e. The Kier molecular flexibility index (Phi) is 3.94. The van der Waals surface area contributed by atoms with Gasteiger partial charge in [0.05, 0.1) is 10.5 Å². The SMILES string of the molecule is Cc1onc(-c2cc(F)cc(F)c2)c1-c1ccccc1S(N)(=O)=O. The van der Waals surface area contributed by atoms with Gasteiger partial charge in [0.2, 0.25) is 10.0 Å². The predicted octanol–water partition coefficient (Wildman–Crippen LogP) is 3.24. The summed E-state index contributed by atoms with van der Waals surface area (Å²) in [6.45, 7) is 1.57. The number of benzene rings is 2. The van der Waals surface area contributed by atoms with Crippen LogP contribution in [-0.2, 0) is 10.0 Å². The molecule has 3 aromatic rings. The van der Waals surface area contributed by atoms with Crippen LogP contribution in [0.25, 0.3) is 22.4 Å². The molecular weight excluding hydrogens is 338 g/mol. The monoisotopic (exact) mass is 350 g/mol. The van der Waals surface area contributed by atoms with Crippen LogP contribution in [0, 0.1) is 18.6 Å². The van der Waals surface area contributed by atoms with E-state index in [2.05, 4.69) is 5.16 Å². The van der Waals surface area contributed by atoms with Gasteiger partial charge >= 0.3 is 0 Å². The second-order valence-electron chi connectivity index (χ2n) is 5.16. The summed E-state index contributed by atoms with van der Waals surface area (Å²) in [6.07, 6.45) is 0. The molecule has 1 aromatic heterocycles. The van der Waals surface area contributed by atoms with Gasteiger partial charge in [0.1, 0.15) is 23.1 Å². The van der Waals surface area contributed by atoms with E-state index in [4.69, 9.17) is 9.66 Å². The zero-order valence-electron chi connectivity index (χ0n) is 12.5. The summed E-state index contributed by atoms with van der Waals surface area (Å²) >= 11 is 0. The number of nitrogens with zero attached hydrogens (tertiary/aromatic N) is 1. The standard InChI is InChI=1S/C16H12F2N2O3S/c1-9-15(13-4-2-3-5-14(13)24(19,21)22)16(20-23-9)10-6-11(17)8-12(18)7-10/h2-8H,1H3,(H2,19,21,22). The van der Waals surface area contributed by atoms with E-state index in [-0.39, 0.29) is 21.7 Å². The molecule has 0 amide bonds. The summed E-state index contributed by atoms with van der Waals surface area (Å²) in [6, 6.07) is 8.91. The highest BCUT2D eigenvalue weighted by molar-refractivity contribution is 7.89. The number of hydrogen-bond donors (Lipinski definition) is 1. The third kappa shape index (κ3) is 2.93. The second-order valence-corrected chi connectivity index (χ2v) is 6.69. The largest absolute Gasteiger partial charge is 0.360 e. The Morgan fingerprint density at radius 2 is 1.71 bits per heavy atom. The van der Waals surface area contributed by atoms with E-state index in [1.807, 2.05) is 0 Å². The molecular formula is C16H12F2N2O3S. The number of halogens is 2. The van der Waals surface area contributed by atoms with Gasteiger partial charge in [-0.1, -0.05) is 23.4 Å². The number of primary sulfonamides is 1. The normalized spacial score (nSPS) is 11.7. The first-order valence-electron chi connectivity index (χ1n) is 6.82. The third-order valence-electron chi connectivity index (χ3n) is 3.46. The Balaban J connectivity index is 2.31. The van der Waals surface area contributed by atoms with Gasteiger partial charge < -0.3 is 4.52 Å². The Bertz CT molecular complexity index is 1010. The molecule has 0 unspecified atom stereocenters. The maximum atomic E-state index is 13.5. The Hall–Kier alpha value is -2.58. The predicted molar refractivity (Wildman–Crippen MR) is 83.4 cm³/mol. The van der Waals surface area contributed by atoms with Gasteiger partial charge in [0.15, 0.2) is 0 Å². The third-order valence-corrected chi connectivity index (χ3v) is 4.43. The number of aryl methyl sites for hydroxylation is 1. The van der Waals surface area contributed by atoms with Crippen molar-refractivity contribution in [2.45, 2.75) is 11.8 Å². The van der Waals surface area contributed by atoms with Gasteiger partial charge in [-0.15, -0.1) is 0 Å². The fourth-order valence-electron chi connectivity index (χ4n) is 2.50. The number of nitrogens with two attached hydrogens (primary N) is 1. The van der Waals surface area contributed by atoms with Gasteiger partial charge in [0.25, 0.3) is 0 Å². The lowest BCUT2D eigenvalue weighted by atomic mass is 9.99. The van der Waals surface area contributed by atoms with Crippen molar-refractivity contribution in [1.82, 2.24) is 5.16 Å². The van der Waals surface area contributed by atoms with E-state index < -0.39 is 21.7 Å². The lowest BCUT2D eigenvalue weighted by molar-refractivity contribution is 0.400. The molecule has 0 aliphatic rings. The van der Waals surface area contributed by atoms with Gasteiger partial charge in [0, 0.05) is 17.2 Å². The molecule has 0 fully saturated rings. The highest BCUT2D eigenvalue weighted by atomic mass is 32.2. The molecule has 3 rings (SSSR count). The van der Waals surface area contributed by atoms with Crippen molar-refractivity contribution in [2.24, 2.45) is 5.14 Å². The first kappa shape index (κ1) is 16.3. The van der Waals surface area contributed by atoms with Crippen molar-refractivity contribution in [3.8, 4) is 22.4 Å². The lowest BCUT2D eigenvalue weighted by Crippen LogP contribution is -2.13. The lowest BCUT2D eigenvalue weighted by Gasteiger charge is -2.08. The molecule has 24 heavy (non-hydrogen) atoms. The van der Waals surface area contributed by atoms with E-state index in [0.717, 1.165) is 18.2 Å². The minimum atomic E-state index is -4.01. The van der Waals surface area contributed by atoms with E-state index in [9.17, 15) is 17.2 Å². The van der Waals surface area contributed by atoms with Gasteiger partial charge in [-0.05, 0) is 25.1 Å². The van der Waals surface area contributed by atoms with Crippen LogP contribution >= 0.6 is 0 Å². The zero-order valence-corrected chi connectivity index (χ0v) is 13.3. The van der Waals surface area contributed by atoms with E-state index in [1.54, 1.807) is 13.0 Å². The van der Waals surface area contributed by atoms with Crippen LogP contribution < -0.4 is 5.14 Å². The quantitative estimate of drug-likeness (QED) is 0.786. The zero-order chi connectivity index (χ0) is 17.5. The summed E-state index contributed by atoms with van der Waals surface area (Å²) in [5.74, 6) is -1.27. The highest BCUT2D eigenvalue weighted by Gasteiger charge is 2.23. The van der Waals surface area contributed by atoms with Crippen LogP contribution in [0.4, 0.5) is 8.78 Å². The van der Waals surface area contributed by atoms with Crippen molar-refractivity contribution < 1.29 is 21.7 Å². The second kappa shape index (κ2) is 5.81. The van der Waals surface area contributed by atoms with Crippen molar-refractivity contribution in [3.63, 3.8) is 0 Å². The topological polar surface area (TPSA) is 86.2 Å². The fraction of sp³-hybridized carbons (Fsp3) is 0.0625. The first-order valence-corrected chi connectivity index (χ1v) is 8.37. The molecule has 0 spiro atoms. The van der Waals surface area contributed by atoms with Crippen molar-refractivity contribution in [3.05, 3.63) is 59.9 Å². The molecule has 2 aromatic carbocycles. The molecule has 5 nitrogen and oxygen atoms in total. The highest BCUT2D eigenvalue weighted by Crippen LogP contribution is 2.37. The average Bonchev–Trinajstić information content (AvgIpc) is 2.87. The average molecular weight is 350 g/mol. The van der Waals surface area contributed by atoms with Crippen LogP contribution in [0.3, 0.4) is 0 Å². The van der Waals surface area contributed by atoms with Gasteiger partial charge in [-0.25, -0.2) is 22.3 Å². The van der Waals surface area contributed by atoms with Crippen LogP contribution in [0.2, 0.25) is 0 Å². The summed E-state index contributed by atoms with van der Waals surface area (Å²) in [4.78, 5) is -0.130. The molecule has 0 saturated carbocycles. The molecule has 0 aliphatic carbocycles. The van der Waals surface area contributed by atoms with Gasteiger partial charge in [-0.3, -0.25) is 0 Å². The molecule has 0 radical (unpaired) electrons. The van der Waals surface area contributed by atoms with E-state index in [1.165, 1.54) is 18.2 Å². The number of aromatic nitrogens is 1. The van der Waals surface area contributed by atoms with E-state index in [0.29, 0.717) is 11.3 Å². The molecule has 0 saturated heterocycles. The molecule has 0 aliphatic heterocycles. The summed E-state index contributed by atoms with van der Waals surface area (Å²) < 4.78 is 55.8. The van der Waals surface area contributed by atoms with Crippen molar-refractivity contribution in [1.29, 1.82) is 0 Å². The Morgan fingerprint density at radius 1 is 1.08 bits per heavy atom. The van der Waals surface area contributed by atoms with Crippen molar-refractivity contribution in [2.75, 3.05) is 0 Å². The minimum absolute atomic E-state index is 0.127. The molecule has 0 atom stereocenters. The van der Waals surface area contributed by atoms with Crippen LogP contribution in [0.1, 0.15) is 5.76 Å². The number of hydrogen-bond acceptors (Lipinski definition) is 4. The molecule has 1 heterocycles. The Labute approximate surface area is 136 Å². The summed E-state index contributed by atoms with van der Waals surface area (Å²) in [7, 11) is -4.01. The van der Waals surface area contributed by atoms with Crippen LogP contribution in [0.5, 0.6) is 0 Å². The molecule has 2 N–H and O–H groups in total.